The molecule has 0 radical (unpaired) electrons. The van der Waals surface area contributed by atoms with Crippen molar-refractivity contribution in [2.24, 2.45) is 0 Å². The highest BCUT2D eigenvalue weighted by atomic mass is 32.2. The third-order valence-corrected chi connectivity index (χ3v) is 4.56. The van der Waals surface area contributed by atoms with E-state index in [9.17, 15) is 9.59 Å². The SMILES string of the molecule is CCCCSc1ccc(C2CC(=O)CC(=O)C2)cc1. The van der Waals surface area contributed by atoms with E-state index in [0.29, 0.717) is 12.8 Å². The molecule has 1 aliphatic rings. The quantitative estimate of drug-likeness (QED) is 0.463. The van der Waals surface area contributed by atoms with Crippen LogP contribution in [0.4, 0.5) is 0 Å². The van der Waals surface area contributed by atoms with Crippen LogP contribution in [0.25, 0.3) is 0 Å². The summed E-state index contributed by atoms with van der Waals surface area (Å²) in [7, 11) is 0. The summed E-state index contributed by atoms with van der Waals surface area (Å²) >= 11 is 1.87. The van der Waals surface area contributed by atoms with E-state index in [0.717, 1.165) is 11.3 Å². The lowest BCUT2D eigenvalue weighted by atomic mass is 9.83. The van der Waals surface area contributed by atoms with Crippen LogP contribution in [0.15, 0.2) is 29.2 Å². The van der Waals surface area contributed by atoms with Crippen LogP contribution in [0.2, 0.25) is 0 Å². The number of thioether (sulfide) groups is 1. The zero-order valence-corrected chi connectivity index (χ0v) is 12.2. The molecule has 2 rings (SSSR count). The molecular formula is C16H20O2S. The number of rotatable bonds is 5. The van der Waals surface area contributed by atoms with Gasteiger partial charge in [0.05, 0.1) is 6.42 Å². The Kier molecular flexibility index (Phi) is 5.20. The number of unbranched alkanes of at least 4 members (excludes halogenated alkanes) is 1. The van der Waals surface area contributed by atoms with Crippen LogP contribution in [-0.4, -0.2) is 17.3 Å². The predicted molar refractivity (Wildman–Crippen MR) is 78.7 cm³/mol. The number of Topliss-reactive ketones (excluding diaryl/α,β-unsaturated/α-hetero) is 2. The van der Waals surface area contributed by atoms with Crippen LogP contribution in [0, 0.1) is 0 Å². The molecule has 19 heavy (non-hydrogen) atoms. The number of carbonyl (C=O) groups is 2. The molecule has 0 spiro atoms. The molecule has 3 heteroatoms. The standard InChI is InChI=1S/C16H20O2S/c1-2-3-8-19-16-6-4-12(5-7-16)13-9-14(17)11-15(18)10-13/h4-7,13H,2-3,8-11H2,1H3. The van der Waals surface area contributed by atoms with Crippen molar-refractivity contribution in [2.45, 2.75) is 49.8 Å². The molecule has 0 atom stereocenters. The van der Waals surface area contributed by atoms with Gasteiger partial charge in [-0.2, -0.15) is 0 Å². The molecule has 1 aromatic rings. The van der Waals surface area contributed by atoms with E-state index in [4.69, 9.17) is 0 Å². The van der Waals surface area contributed by atoms with E-state index >= 15 is 0 Å². The van der Waals surface area contributed by atoms with Gasteiger partial charge in [0.1, 0.15) is 11.6 Å². The van der Waals surface area contributed by atoms with Gasteiger partial charge in [0.25, 0.3) is 0 Å². The lowest BCUT2D eigenvalue weighted by molar-refractivity contribution is -0.130. The second-order valence-electron chi connectivity index (χ2n) is 5.13. The third-order valence-electron chi connectivity index (χ3n) is 3.46. The van der Waals surface area contributed by atoms with Crippen molar-refractivity contribution in [3.8, 4) is 0 Å². The monoisotopic (exact) mass is 276 g/mol. The number of benzene rings is 1. The Morgan fingerprint density at radius 1 is 1.11 bits per heavy atom. The van der Waals surface area contributed by atoms with Gasteiger partial charge in [0.2, 0.25) is 0 Å². The van der Waals surface area contributed by atoms with Gasteiger partial charge in [0.15, 0.2) is 0 Å². The van der Waals surface area contributed by atoms with Crippen molar-refractivity contribution in [1.29, 1.82) is 0 Å². The minimum Gasteiger partial charge on any atom is -0.299 e. The van der Waals surface area contributed by atoms with Crippen molar-refractivity contribution in [2.75, 3.05) is 5.75 Å². The van der Waals surface area contributed by atoms with Crippen LogP contribution in [0.3, 0.4) is 0 Å². The lowest BCUT2D eigenvalue weighted by Crippen LogP contribution is -2.21. The molecule has 1 aromatic carbocycles. The van der Waals surface area contributed by atoms with Crippen molar-refractivity contribution in [3.63, 3.8) is 0 Å². The predicted octanol–water partition coefficient (Wildman–Crippen LogP) is 3.98. The highest BCUT2D eigenvalue weighted by molar-refractivity contribution is 7.99. The highest BCUT2D eigenvalue weighted by Gasteiger charge is 2.26. The Morgan fingerprint density at radius 2 is 1.74 bits per heavy atom. The summed E-state index contributed by atoms with van der Waals surface area (Å²) in [6.07, 6.45) is 3.64. The van der Waals surface area contributed by atoms with Crippen LogP contribution in [0.1, 0.15) is 50.5 Å². The molecule has 1 aliphatic carbocycles. The second kappa shape index (κ2) is 6.90. The molecule has 102 valence electrons. The van der Waals surface area contributed by atoms with Gasteiger partial charge in [-0.3, -0.25) is 9.59 Å². The fraction of sp³-hybridized carbons (Fsp3) is 0.500. The summed E-state index contributed by atoms with van der Waals surface area (Å²) in [5.74, 6) is 1.42. The molecule has 0 aromatic heterocycles. The van der Waals surface area contributed by atoms with Crippen molar-refractivity contribution in [3.05, 3.63) is 29.8 Å². The summed E-state index contributed by atoms with van der Waals surface area (Å²) in [4.78, 5) is 24.2. The maximum atomic E-state index is 11.5. The molecule has 0 aliphatic heterocycles. The van der Waals surface area contributed by atoms with Gasteiger partial charge in [-0.25, -0.2) is 0 Å². The number of hydrogen-bond donors (Lipinski definition) is 0. The molecule has 0 saturated heterocycles. The molecule has 0 heterocycles. The number of hydrogen-bond acceptors (Lipinski definition) is 3. The molecule has 2 nitrogen and oxygen atoms in total. The van der Waals surface area contributed by atoms with Crippen molar-refractivity contribution >= 4 is 23.3 Å². The van der Waals surface area contributed by atoms with Crippen LogP contribution < -0.4 is 0 Å². The Labute approximate surface area is 119 Å². The number of carbonyl (C=O) groups excluding carboxylic acids is 2. The highest BCUT2D eigenvalue weighted by Crippen LogP contribution is 2.30. The first kappa shape index (κ1) is 14.3. The average molecular weight is 276 g/mol. The zero-order valence-electron chi connectivity index (χ0n) is 11.4. The topological polar surface area (TPSA) is 34.1 Å². The maximum absolute atomic E-state index is 11.5. The summed E-state index contributed by atoms with van der Waals surface area (Å²) in [5, 5.41) is 0. The van der Waals surface area contributed by atoms with Gasteiger partial charge in [-0.05, 0) is 35.8 Å². The van der Waals surface area contributed by atoms with Gasteiger partial charge < -0.3 is 0 Å². The molecule has 0 N–H and O–H groups in total. The lowest BCUT2D eigenvalue weighted by Gasteiger charge is -2.20. The molecule has 1 saturated carbocycles. The average Bonchev–Trinajstić information content (AvgIpc) is 2.39. The Balaban J connectivity index is 1.97. The Morgan fingerprint density at radius 3 is 2.32 bits per heavy atom. The van der Waals surface area contributed by atoms with Crippen LogP contribution in [0.5, 0.6) is 0 Å². The van der Waals surface area contributed by atoms with Crippen LogP contribution in [-0.2, 0) is 9.59 Å². The molecule has 0 unspecified atom stereocenters. The fourth-order valence-corrected chi connectivity index (χ4v) is 3.39. The molecule has 0 bridgehead atoms. The smallest absolute Gasteiger partial charge is 0.140 e. The van der Waals surface area contributed by atoms with Gasteiger partial charge in [-0.15, -0.1) is 11.8 Å². The first-order chi connectivity index (χ1) is 9.19. The normalized spacial score (nSPS) is 16.9. The van der Waals surface area contributed by atoms with Gasteiger partial charge >= 0.3 is 0 Å². The fourth-order valence-electron chi connectivity index (χ4n) is 2.39. The summed E-state index contributed by atoms with van der Waals surface area (Å²) in [6, 6.07) is 8.37. The van der Waals surface area contributed by atoms with Crippen LogP contribution >= 0.6 is 11.8 Å². The van der Waals surface area contributed by atoms with E-state index in [1.807, 2.05) is 11.8 Å². The Hall–Kier alpha value is -1.09. The first-order valence-corrected chi connectivity index (χ1v) is 7.93. The molecule has 0 amide bonds. The van der Waals surface area contributed by atoms with E-state index in [1.54, 1.807) is 0 Å². The second-order valence-corrected chi connectivity index (χ2v) is 6.30. The molecular weight excluding hydrogens is 256 g/mol. The van der Waals surface area contributed by atoms with E-state index in [1.165, 1.54) is 17.7 Å². The summed E-state index contributed by atoms with van der Waals surface area (Å²) in [6.45, 7) is 2.20. The molecule has 1 fully saturated rings. The van der Waals surface area contributed by atoms with Gasteiger partial charge in [0, 0.05) is 17.7 Å². The summed E-state index contributed by atoms with van der Waals surface area (Å²) < 4.78 is 0. The van der Waals surface area contributed by atoms with Gasteiger partial charge in [-0.1, -0.05) is 25.5 Å². The minimum absolute atomic E-state index is 0.0858. The minimum atomic E-state index is 0.0858. The largest absolute Gasteiger partial charge is 0.299 e. The Bertz CT molecular complexity index is 434. The maximum Gasteiger partial charge on any atom is 0.140 e. The van der Waals surface area contributed by atoms with E-state index < -0.39 is 0 Å². The zero-order chi connectivity index (χ0) is 13.7. The third kappa shape index (κ3) is 4.20. The van der Waals surface area contributed by atoms with Crippen molar-refractivity contribution in [1.82, 2.24) is 0 Å². The van der Waals surface area contributed by atoms with E-state index in [-0.39, 0.29) is 23.9 Å². The summed E-state index contributed by atoms with van der Waals surface area (Å²) in [5.41, 5.74) is 1.13. The van der Waals surface area contributed by atoms with Crippen molar-refractivity contribution < 1.29 is 9.59 Å². The first-order valence-electron chi connectivity index (χ1n) is 6.95. The van der Waals surface area contributed by atoms with E-state index in [2.05, 4.69) is 31.2 Å². The number of ketones is 2.